The summed E-state index contributed by atoms with van der Waals surface area (Å²) in [6.07, 6.45) is 0. The van der Waals surface area contributed by atoms with Gasteiger partial charge in [-0.05, 0) is 25.5 Å². The maximum absolute atomic E-state index is 5.83. The summed E-state index contributed by atoms with van der Waals surface area (Å²) in [6, 6.07) is 8.60. The molecule has 0 bridgehead atoms. The SMILES string of the molecule is CCN[C@H](C)c1ccccc1OCC(C)C. The van der Waals surface area contributed by atoms with Gasteiger partial charge in [0.05, 0.1) is 6.61 Å². The van der Waals surface area contributed by atoms with Gasteiger partial charge in [0.1, 0.15) is 5.75 Å². The van der Waals surface area contributed by atoms with Crippen molar-refractivity contribution in [3.05, 3.63) is 29.8 Å². The highest BCUT2D eigenvalue weighted by Gasteiger charge is 2.10. The van der Waals surface area contributed by atoms with Crippen LogP contribution in [0.3, 0.4) is 0 Å². The second-order valence-electron chi connectivity index (χ2n) is 4.52. The molecule has 0 amide bonds. The van der Waals surface area contributed by atoms with Gasteiger partial charge in [0.2, 0.25) is 0 Å². The van der Waals surface area contributed by atoms with Gasteiger partial charge >= 0.3 is 0 Å². The van der Waals surface area contributed by atoms with Gasteiger partial charge in [-0.1, -0.05) is 39.0 Å². The second kappa shape index (κ2) is 6.54. The van der Waals surface area contributed by atoms with Crippen molar-refractivity contribution in [3.63, 3.8) is 0 Å². The maximum atomic E-state index is 5.83. The van der Waals surface area contributed by atoms with Gasteiger partial charge in [-0.15, -0.1) is 0 Å². The molecule has 0 unspecified atom stereocenters. The van der Waals surface area contributed by atoms with Gasteiger partial charge in [0, 0.05) is 11.6 Å². The van der Waals surface area contributed by atoms with Crippen LogP contribution in [0.15, 0.2) is 24.3 Å². The minimum absolute atomic E-state index is 0.341. The van der Waals surface area contributed by atoms with Gasteiger partial charge in [-0.25, -0.2) is 0 Å². The second-order valence-corrected chi connectivity index (χ2v) is 4.52. The highest BCUT2D eigenvalue weighted by Crippen LogP contribution is 2.24. The first-order valence-electron chi connectivity index (χ1n) is 6.10. The van der Waals surface area contributed by atoms with Gasteiger partial charge in [-0.3, -0.25) is 0 Å². The van der Waals surface area contributed by atoms with Gasteiger partial charge in [0.15, 0.2) is 0 Å². The van der Waals surface area contributed by atoms with Crippen molar-refractivity contribution in [1.29, 1.82) is 0 Å². The fraction of sp³-hybridized carbons (Fsp3) is 0.571. The van der Waals surface area contributed by atoms with Crippen LogP contribution >= 0.6 is 0 Å². The summed E-state index contributed by atoms with van der Waals surface area (Å²) in [5, 5.41) is 3.41. The topological polar surface area (TPSA) is 21.3 Å². The molecule has 1 N–H and O–H groups in total. The first kappa shape index (κ1) is 13.0. The van der Waals surface area contributed by atoms with Crippen LogP contribution in [0.5, 0.6) is 5.75 Å². The van der Waals surface area contributed by atoms with Crippen LogP contribution in [-0.2, 0) is 0 Å². The molecule has 16 heavy (non-hydrogen) atoms. The van der Waals surface area contributed by atoms with Crippen LogP contribution in [0.25, 0.3) is 0 Å². The normalized spacial score (nSPS) is 12.8. The first-order chi connectivity index (χ1) is 7.65. The molecular weight excluding hydrogens is 198 g/mol. The van der Waals surface area contributed by atoms with Crippen LogP contribution in [0.2, 0.25) is 0 Å². The Kier molecular flexibility index (Phi) is 5.33. The van der Waals surface area contributed by atoms with Crippen molar-refractivity contribution in [2.45, 2.75) is 33.7 Å². The monoisotopic (exact) mass is 221 g/mol. The van der Waals surface area contributed by atoms with E-state index in [0.717, 1.165) is 18.9 Å². The number of para-hydroxylation sites is 1. The lowest BCUT2D eigenvalue weighted by molar-refractivity contribution is 0.266. The minimum atomic E-state index is 0.341. The van der Waals surface area contributed by atoms with Crippen LogP contribution in [0.4, 0.5) is 0 Å². The Morgan fingerprint density at radius 3 is 2.50 bits per heavy atom. The summed E-state index contributed by atoms with van der Waals surface area (Å²) >= 11 is 0. The Hall–Kier alpha value is -1.02. The molecule has 0 saturated carbocycles. The molecule has 1 aromatic rings. The predicted octanol–water partition coefficient (Wildman–Crippen LogP) is 3.39. The summed E-state index contributed by atoms with van der Waals surface area (Å²) in [4.78, 5) is 0. The Labute approximate surface area is 99.0 Å². The lowest BCUT2D eigenvalue weighted by Crippen LogP contribution is -2.19. The fourth-order valence-electron chi connectivity index (χ4n) is 1.64. The third kappa shape index (κ3) is 3.86. The van der Waals surface area contributed by atoms with E-state index < -0.39 is 0 Å². The summed E-state index contributed by atoms with van der Waals surface area (Å²) < 4.78 is 5.83. The molecular formula is C14H23NO. The van der Waals surface area contributed by atoms with E-state index in [1.165, 1.54) is 5.56 Å². The van der Waals surface area contributed by atoms with E-state index in [4.69, 9.17) is 4.74 Å². The first-order valence-corrected chi connectivity index (χ1v) is 6.10. The fourth-order valence-corrected chi connectivity index (χ4v) is 1.64. The molecule has 0 radical (unpaired) electrons. The largest absolute Gasteiger partial charge is 0.493 e. The van der Waals surface area contributed by atoms with Crippen molar-refractivity contribution in [3.8, 4) is 5.75 Å². The zero-order chi connectivity index (χ0) is 12.0. The van der Waals surface area contributed by atoms with Crippen LogP contribution in [0, 0.1) is 5.92 Å². The lowest BCUT2D eigenvalue weighted by atomic mass is 10.1. The average molecular weight is 221 g/mol. The highest BCUT2D eigenvalue weighted by molar-refractivity contribution is 5.35. The molecule has 2 nitrogen and oxygen atoms in total. The van der Waals surface area contributed by atoms with Crippen molar-refractivity contribution in [2.75, 3.05) is 13.2 Å². The number of nitrogens with one attached hydrogen (secondary N) is 1. The van der Waals surface area contributed by atoms with Crippen molar-refractivity contribution in [2.24, 2.45) is 5.92 Å². The Balaban J connectivity index is 2.74. The minimum Gasteiger partial charge on any atom is -0.493 e. The number of benzene rings is 1. The summed E-state index contributed by atoms with van der Waals surface area (Å²) in [5.41, 5.74) is 1.24. The molecule has 1 rings (SSSR count). The molecule has 0 spiro atoms. The van der Waals surface area contributed by atoms with Gasteiger partial charge < -0.3 is 10.1 Å². The number of hydrogen-bond acceptors (Lipinski definition) is 2. The van der Waals surface area contributed by atoms with Crippen LogP contribution in [-0.4, -0.2) is 13.2 Å². The molecule has 1 atom stereocenters. The van der Waals surface area contributed by atoms with E-state index in [9.17, 15) is 0 Å². The van der Waals surface area contributed by atoms with Gasteiger partial charge in [0.25, 0.3) is 0 Å². The molecule has 2 heteroatoms. The number of rotatable bonds is 6. The van der Waals surface area contributed by atoms with Crippen LogP contribution in [0.1, 0.15) is 39.3 Å². The molecule has 1 aromatic carbocycles. The number of ether oxygens (including phenoxy) is 1. The van der Waals surface area contributed by atoms with E-state index in [1.807, 2.05) is 12.1 Å². The molecule has 90 valence electrons. The smallest absolute Gasteiger partial charge is 0.124 e. The van der Waals surface area contributed by atoms with E-state index in [2.05, 4.69) is 45.1 Å². The standard InChI is InChI=1S/C14H23NO/c1-5-15-12(4)13-8-6-7-9-14(13)16-10-11(2)3/h6-9,11-12,15H,5,10H2,1-4H3/t12-/m1/s1. The van der Waals surface area contributed by atoms with E-state index in [-0.39, 0.29) is 0 Å². The molecule has 0 fully saturated rings. The van der Waals surface area contributed by atoms with Gasteiger partial charge in [-0.2, -0.15) is 0 Å². The Morgan fingerprint density at radius 2 is 1.88 bits per heavy atom. The van der Waals surface area contributed by atoms with Crippen molar-refractivity contribution < 1.29 is 4.74 Å². The summed E-state index contributed by atoms with van der Waals surface area (Å²) in [6.45, 7) is 10.4. The predicted molar refractivity (Wildman–Crippen MR) is 68.9 cm³/mol. The van der Waals surface area contributed by atoms with E-state index in [0.29, 0.717) is 12.0 Å². The molecule has 0 heterocycles. The Bertz CT molecular complexity index is 309. The maximum Gasteiger partial charge on any atom is 0.124 e. The zero-order valence-corrected chi connectivity index (χ0v) is 10.8. The molecule has 0 aliphatic carbocycles. The molecule has 0 saturated heterocycles. The van der Waals surface area contributed by atoms with Crippen LogP contribution < -0.4 is 10.1 Å². The zero-order valence-electron chi connectivity index (χ0n) is 10.8. The Morgan fingerprint density at radius 1 is 1.19 bits per heavy atom. The molecule has 0 aromatic heterocycles. The quantitative estimate of drug-likeness (QED) is 0.795. The van der Waals surface area contributed by atoms with Crippen molar-refractivity contribution in [1.82, 2.24) is 5.32 Å². The molecule has 0 aliphatic heterocycles. The van der Waals surface area contributed by atoms with E-state index >= 15 is 0 Å². The third-order valence-corrected chi connectivity index (χ3v) is 2.47. The van der Waals surface area contributed by atoms with E-state index in [1.54, 1.807) is 0 Å². The summed E-state index contributed by atoms with van der Waals surface area (Å²) in [5.74, 6) is 1.56. The highest BCUT2D eigenvalue weighted by atomic mass is 16.5. The lowest BCUT2D eigenvalue weighted by Gasteiger charge is -2.18. The molecule has 0 aliphatic rings. The number of hydrogen-bond donors (Lipinski definition) is 1. The summed E-state index contributed by atoms with van der Waals surface area (Å²) in [7, 11) is 0. The van der Waals surface area contributed by atoms with Crippen molar-refractivity contribution >= 4 is 0 Å². The average Bonchev–Trinajstić information content (AvgIpc) is 2.27. The third-order valence-electron chi connectivity index (χ3n) is 2.47.